The van der Waals surface area contributed by atoms with E-state index in [1.54, 1.807) is 24.4 Å². The molecule has 2 aromatic rings. The largest absolute Gasteiger partial charge is 0.399 e. The third-order valence-electron chi connectivity index (χ3n) is 1.90. The van der Waals surface area contributed by atoms with Crippen molar-refractivity contribution in [3.63, 3.8) is 0 Å². The molecule has 0 unspecified atom stereocenters. The van der Waals surface area contributed by atoms with Crippen molar-refractivity contribution in [2.75, 3.05) is 7.11 Å². The molecule has 0 fully saturated rings. The molecule has 6 heteroatoms. The van der Waals surface area contributed by atoms with Gasteiger partial charge >= 0.3 is 0 Å². The predicted molar refractivity (Wildman–Crippen MR) is 55.9 cm³/mol. The van der Waals surface area contributed by atoms with Gasteiger partial charge in [0, 0.05) is 0 Å². The van der Waals surface area contributed by atoms with E-state index in [-0.39, 0.29) is 5.82 Å². The van der Waals surface area contributed by atoms with Crippen molar-refractivity contribution in [2.24, 2.45) is 5.16 Å². The highest BCUT2D eigenvalue weighted by Gasteiger charge is 2.05. The van der Waals surface area contributed by atoms with Gasteiger partial charge in [0.05, 0.1) is 12.4 Å². The minimum absolute atomic E-state index is 0.340. The highest BCUT2D eigenvalue weighted by atomic mass is 19.1. The van der Waals surface area contributed by atoms with Gasteiger partial charge in [-0.05, 0) is 12.1 Å². The van der Waals surface area contributed by atoms with Gasteiger partial charge in [-0.2, -0.15) is 0 Å². The number of oxime groups is 1. The lowest BCUT2D eigenvalue weighted by Gasteiger charge is -1.99. The molecule has 0 aliphatic rings. The van der Waals surface area contributed by atoms with E-state index in [4.69, 9.17) is 0 Å². The van der Waals surface area contributed by atoms with Gasteiger partial charge in [0.25, 0.3) is 0 Å². The molecule has 0 atom stereocenters. The molecule has 5 nitrogen and oxygen atoms in total. The van der Waals surface area contributed by atoms with Gasteiger partial charge in [0.1, 0.15) is 24.3 Å². The number of nitrogens with zero attached hydrogens (tertiary/aromatic N) is 4. The lowest BCUT2D eigenvalue weighted by Crippen LogP contribution is -1.97. The Balaban J connectivity index is 2.32. The zero-order chi connectivity index (χ0) is 11.4. The number of para-hydroxylation sites is 1. The Labute approximate surface area is 91.1 Å². The van der Waals surface area contributed by atoms with Gasteiger partial charge in [0.2, 0.25) is 0 Å². The summed E-state index contributed by atoms with van der Waals surface area (Å²) < 4.78 is 14.7. The maximum Gasteiger partial charge on any atom is 0.148 e. The maximum atomic E-state index is 13.4. The first-order chi connectivity index (χ1) is 7.81. The summed E-state index contributed by atoms with van der Waals surface area (Å²) in [5, 5.41) is 11.1. The first kappa shape index (κ1) is 10.3. The lowest BCUT2D eigenvalue weighted by molar-refractivity contribution is 0.215. The summed E-state index contributed by atoms with van der Waals surface area (Å²) in [5.41, 5.74) is 0.831. The second kappa shape index (κ2) is 4.52. The van der Waals surface area contributed by atoms with E-state index in [0.29, 0.717) is 11.4 Å². The van der Waals surface area contributed by atoms with E-state index in [0.717, 1.165) is 0 Å². The Bertz CT molecular complexity index is 509. The van der Waals surface area contributed by atoms with Gasteiger partial charge in [-0.3, -0.25) is 0 Å². The van der Waals surface area contributed by atoms with Gasteiger partial charge in [0.15, 0.2) is 0 Å². The number of aromatic nitrogens is 3. The Morgan fingerprint density at radius 3 is 3.00 bits per heavy atom. The quantitative estimate of drug-likeness (QED) is 0.580. The lowest BCUT2D eigenvalue weighted by atomic mass is 10.3. The van der Waals surface area contributed by atoms with Crippen LogP contribution < -0.4 is 0 Å². The van der Waals surface area contributed by atoms with Crippen LogP contribution in [-0.4, -0.2) is 28.3 Å². The average Bonchev–Trinajstić information content (AvgIpc) is 2.75. The van der Waals surface area contributed by atoms with Crippen molar-refractivity contribution in [1.29, 1.82) is 0 Å². The average molecular weight is 220 g/mol. The zero-order valence-corrected chi connectivity index (χ0v) is 8.54. The molecule has 1 heterocycles. The number of rotatable bonds is 3. The van der Waals surface area contributed by atoms with Crippen LogP contribution in [0.25, 0.3) is 5.69 Å². The first-order valence-electron chi connectivity index (χ1n) is 4.55. The van der Waals surface area contributed by atoms with E-state index < -0.39 is 0 Å². The fourth-order valence-corrected chi connectivity index (χ4v) is 1.20. The van der Waals surface area contributed by atoms with Gasteiger partial charge in [-0.15, -0.1) is 5.10 Å². The molecule has 0 radical (unpaired) electrons. The van der Waals surface area contributed by atoms with Crippen LogP contribution in [0.1, 0.15) is 5.69 Å². The van der Waals surface area contributed by atoms with Crippen LogP contribution in [0.2, 0.25) is 0 Å². The van der Waals surface area contributed by atoms with Crippen molar-refractivity contribution in [3.05, 3.63) is 42.0 Å². The molecule has 0 aliphatic carbocycles. The van der Waals surface area contributed by atoms with Crippen LogP contribution in [-0.2, 0) is 4.84 Å². The second-order valence-corrected chi connectivity index (χ2v) is 2.96. The minimum Gasteiger partial charge on any atom is -0.399 e. The monoisotopic (exact) mass is 220 g/mol. The predicted octanol–water partition coefficient (Wildman–Crippen LogP) is 1.39. The van der Waals surface area contributed by atoms with E-state index in [9.17, 15) is 4.39 Å². The Morgan fingerprint density at radius 1 is 1.44 bits per heavy atom. The summed E-state index contributed by atoms with van der Waals surface area (Å²) in [6, 6.07) is 6.31. The second-order valence-electron chi connectivity index (χ2n) is 2.96. The number of halogens is 1. The highest BCUT2D eigenvalue weighted by molar-refractivity contribution is 5.75. The molecule has 0 aliphatic heterocycles. The molecule has 16 heavy (non-hydrogen) atoms. The van der Waals surface area contributed by atoms with Gasteiger partial charge in [-0.25, -0.2) is 9.07 Å². The van der Waals surface area contributed by atoms with Gasteiger partial charge < -0.3 is 4.84 Å². The molecule has 0 saturated heterocycles. The van der Waals surface area contributed by atoms with Crippen LogP contribution in [0.5, 0.6) is 0 Å². The molecule has 0 spiro atoms. The smallest absolute Gasteiger partial charge is 0.148 e. The van der Waals surface area contributed by atoms with E-state index >= 15 is 0 Å². The zero-order valence-electron chi connectivity index (χ0n) is 8.54. The summed E-state index contributed by atoms with van der Waals surface area (Å²) >= 11 is 0. The molecule has 1 aromatic heterocycles. The molecule has 1 aromatic carbocycles. The topological polar surface area (TPSA) is 52.3 Å². The van der Waals surface area contributed by atoms with E-state index in [1.165, 1.54) is 24.1 Å². The summed E-state index contributed by atoms with van der Waals surface area (Å²) in [6.45, 7) is 0. The number of benzene rings is 1. The van der Waals surface area contributed by atoms with Crippen molar-refractivity contribution >= 4 is 6.21 Å². The van der Waals surface area contributed by atoms with E-state index in [1.807, 2.05) is 0 Å². The molecule has 0 bridgehead atoms. The summed E-state index contributed by atoms with van der Waals surface area (Å²) in [6.07, 6.45) is 2.95. The normalized spacial score (nSPS) is 10.9. The minimum atomic E-state index is -0.359. The van der Waals surface area contributed by atoms with Crippen molar-refractivity contribution in [3.8, 4) is 5.69 Å². The fraction of sp³-hybridized carbons (Fsp3) is 0.100. The van der Waals surface area contributed by atoms with Crippen LogP contribution in [0, 0.1) is 5.82 Å². The fourth-order valence-electron chi connectivity index (χ4n) is 1.20. The van der Waals surface area contributed by atoms with Gasteiger partial charge in [-0.1, -0.05) is 22.5 Å². The molecule has 2 rings (SSSR count). The van der Waals surface area contributed by atoms with Crippen LogP contribution in [0.4, 0.5) is 4.39 Å². The van der Waals surface area contributed by atoms with Crippen LogP contribution in [0.3, 0.4) is 0 Å². The molecule has 0 saturated carbocycles. The number of hydrogen-bond acceptors (Lipinski definition) is 4. The molecular formula is C10H9FN4O. The highest BCUT2D eigenvalue weighted by Crippen LogP contribution is 2.10. The van der Waals surface area contributed by atoms with Crippen molar-refractivity contribution in [2.45, 2.75) is 0 Å². The SMILES string of the molecule is CON=Cc1cn(-c2ccccc2F)nn1. The third kappa shape index (κ3) is 2.05. The third-order valence-corrected chi connectivity index (χ3v) is 1.90. The summed E-state index contributed by atoms with van der Waals surface area (Å²) in [7, 11) is 1.43. The standard InChI is InChI=1S/C10H9FN4O/c1-16-12-6-8-7-15(14-13-8)10-5-3-2-4-9(10)11/h2-7H,1H3. The van der Waals surface area contributed by atoms with E-state index in [2.05, 4.69) is 20.3 Å². The first-order valence-corrected chi connectivity index (χ1v) is 4.55. The number of hydrogen-bond donors (Lipinski definition) is 0. The molecule has 82 valence electrons. The summed E-state index contributed by atoms with van der Waals surface area (Å²) in [4.78, 5) is 4.50. The Morgan fingerprint density at radius 2 is 2.25 bits per heavy atom. The van der Waals surface area contributed by atoms with Crippen molar-refractivity contribution < 1.29 is 9.23 Å². The Kier molecular flexibility index (Phi) is 2.90. The van der Waals surface area contributed by atoms with Crippen molar-refractivity contribution in [1.82, 2.24) is 15.0 Å². The van der Waals surface area contributed by atoms with Crippen LogP contribution in [0.15, 0.2) is 35.6 Å². The molecule has 0 amide bonds. The van der Waals surface area contributed by atoms with Crippen LogP contribution >= 0.6 is 0 Å². The molecule has 0 N–H and O–H groups in total. The Hall–Kier alpha value is -2.24. The molecular weight excluding hydrogens is 211 g/mol. The maximum absolute atomic E-state index is 13.4. The summed E-state index contributed by atoms with van der Waals surface area (Å²) in [5.74, 6) is -0.359.